The summed E-state index contributed by atoms with van der Waals surface area (Å²) in [5.74, 6) is -1.67. The van der Waals surface area contributed by atoms with Gasteiger partial charge in [-0.15, -0.1) is 0 Å². The molecule has 3 amide bonds. The first-order valence-corrected chi connectivity index (χ1v) is 15.9. The Morgan fingerprint density at radius 3 is 2.22 bits per heavy atom. The highest BCUT2D eigenvalue weighted by atomic mass is 16.6. The molecule has 11 heteroatoms. The largest absolute Gasteiger partial charge is 0.467 e. The molecular weight excluding hydrogens is 578 g/mol. The van der Waals surface area contributed by atoms with Gasteiger partial charge in [-0.3, -0.25) is 9.59 Å². The molecule has 0 radical (unpaired) electrons. The van der Waals surface area contributed by atoms with E-state index in [-0.39, 0.29) is 36.6 Å². The minimum atomic E-state index is -0.868. The van der Waals surface area contributed by atoms with Gasteiger partial charge in [0, 0.05) is 34.2 Å². The molecule has 2 rings (SSSR count). The average Bonchev–Trinajstić information content (AvgIpc) is 3.49. The molecule has 0 unspecified atom stereocenters. The lowest BCUT2D eigenvalue weighted by atomic mass is 9.90. The Kier molecular flexibility index (Phi) is 14.8. The number of hydrogen-bond acceptors (Lipinski definition) is 8. The number of rotatable bonds is 15. The van der Waals surface area contributed by atoms with Crippen LogP contribution >= 0.6 is 0 Å². The topological polar surface area (TPSA) is 124 Å². The number of nitrogens with zero attached hydrogens (tertiary/aromatic N) is 2. The number of benzene rings is 1. The number of ether oxygens (including phenoxy) is 4. The summed E-state index contributed by atoms with van der Waals surface area (Å²) in [6, 6.07) is 7.78. The van der Waals surface area contributed by atoms with Crippen LogP contribution in [0.3, 0.4) is 0 Å². The van der Waals surface area contributed by atoms with Crippen LogP contribution in [-0.2, 0) is 39.8 Å². The summed E-state index contributed by atoms with van der Waals surface area (Å²) in [5.41, 5.74) is 0.223. The number of likely N-dealkylation sites (N-methyl/N-ethyl adjacent to an activating group) is 1. The lowest BCUT2D eigenvalue weighted by Crippen LogP contribution is -2.54. The van der Waals surface area contributed by atoms with Crippen molar-refractivity contribution in [1.29, 1.82) is 0 Å². The number of esters is 1. The molecule has 1 aliphatic heterocycles. The van der Waals surface area contributed by atoms with Crippen LogP contribution in [0.2, 0.25) is 0 Å². The quantitative estimate of drug-likeness (QED) is 0.285. The molecule has 1 aromatic carbocycles. The summed E-state index contributed by atoms with van der Waals surface area (Å²) >= 11 is 0. The number of nitrogens with one attached hydrogen (secondary N) is 1. The fraction of sp³-hybridized carbons (Fsp3) is 0.706. The molecule has 0 aromatic heterocycles. The smallest absolute Gasteiger partial charge is 0.410 e. The predicted molar refractivity (Wildman–Crippen MR) is 171 cm³/mol. The highest BCUT2D eigenvalue weighted by molar-refractivity contribution is 5.86. The fourth-order valence-electron chi connectivity index (χ4n) is 6.10. The second-order valence-electron chi connectivity index (χ2n) is 13.0. The van der Waals surface area contributed by atoms with Crippen LogP contribution in [-0.4, -0.2) is 105 Å². The van der Waals surface area contributed by atoms with Crippen molar-refractivity contribution in [2.24, 2.45) is 11.8 Å². The number of amides is 3. The molecule has 0 saturated carbocycles. The first kappa shape index (κ1) is 38.0. The van der Waals surface area contributed by atoms with E-state index in [0.717, 1.165) is 18.4 Å². The summed E-state index contributed by atoms with van der Waals surface area (Å²) in [6.45, 7) is 11.8. The maximum atomic E-state index is 13.9. The van der Waals surface area contributed by atoms with Crippen LogP contribution in [0.5, 0.6) is 0 Å². The zero-order valence-electron chi connectivity index (χ0n) is 28.8. The normalized spacial score (nSPS) is 19.1. The van der Waals surface area contributed by atoms with Gasteiger partial charge in [0.1, 0.15) is 11.6 Å². The molecule has 1 saturated heterocycles. The predicted octanol–water partition coefficient (Wildman–Crippen LogP) is 4.22. The second-order valence-corrected chi connectivity index (χ2v) is 13.0. The van der Waals surface area contributed by atoms with Crippen molar-refractivity contribution in [3.63, 3.8) is 0 Å². The van der Waals surface area contributed by atoms with Gasteiger partial charge in [-0.25, -0.2) is 9.59 Å². The van der Waals surface area contributed by atoms with E-state index in [4.69, 9.17) is 18.9 Å². The van der Waals surface area contributed by atoms with Gasteiger partial charge in [0.2, 0.25) is 11.8 Å². The van der Waals surface area contributed by atoms with E-state index in [1.807, 2.05) is 65.0 Å². The van der Waals surface area contributed by atoms with Gasteiger partial charge in [0.15, 0.2) is 0 Å². The molecule has 1 aliphatic rings. The molecule has 1 aromatic rings. The minimum Gasteiger partial charge on any atom is -0.467 e. The zero-order chi connectivity index (χ0) is 33.9. The Bertz CT molecular complexity index is 1110. The van der Waals surface area contributed by atoms with Crippen molar-refractivity contribution in [3.05, 3.63) is 35.9 Å². The van der Waals surface area contributed by atoms with Crippen LogP contribution < -0.4 is 5.32 Å². The maximum Gasteiger partial charge on any atom is 0.410 e. The Morgan fingerprint density at radius 2 is 1.69 bits per heavy atom. The summed E-state index contributed by atoms with van der Waals surface area (Å²) in [7, 11) is 6.06. The molecule has 7 atom stereocenters. The molecule has 0 aliphatic carbocycles. The zero-order valence-corrected chi connectivity index (χ0v) is 28.8. The lowest BCUT2D eigenvalue weighted by molar-refractivity contribution is -0.147. The third kappa shape index (κ3) is 10.7. The van der Waals surface area contributed by atoms with Crippen molar-refractivity contribution < 1.29 is 38.1 Å². The van der Waals surface area contributed by atoms with Crippen molar-refractivity contribution in [3.8, 4) is 0 Å². The van der Waals surface area contributed by atoms with E-state index in [9.17, 15) is 19.2 Å². The number of carbonyl (C=O) groups excluding carboxylic acids is 4. The van der Waals surface area contributed by atoms with E-state index >= 15 is 0 Å². The average molecular weight is 634 g/mol. The van der Waals surface area contributed by atoms with Gasteiger partial charge in [-0.1, -0.05) is 57.5 Å². The van der Waals surface area contributed by atoms with Gasteiger partial charge >= 0.3 is 12.1 Å². The van der Waals surface area contributed by atoms with Crippen molar-refractivity contribution >= 4 is 23.9 Å². The summed E-state index contributed by atoms with van der Waals surface area (Å²) in [5, 5.41) is 2.85. The Morgan fingerprint density at radius 1 is 1.04 bits per heavy atom. The number of likely N-dealkylation sites (tertiary alicyclic amines) is 1. The van der Waals surface area contributed by atoms with Crippen molar-refractivity contribution in [2.75, 3.05) is 34.9 Å². The van der Waals surface area contributed by atoms with Gasteiger partial charge in [0.25, 0.3) is 0 Å². The molecular formula is C34H55N3O8. The van der Waals surface area contributed by atoms with Crippen molar-refractivity contribution in [2.45, 2.75) is 110 Å². The first-order chi connectivity index (χ1) is 21.2. The molecule has 1 fully saturated rings. The summed E-state index contributed by atoms with van der Waals surface area (Å²) < 4.78 is 22.3. The molecule has 1 N–H and O–H groups in total. The standard InChI is InChI=1S/C34H55N3O8/c1-11-22(2)29(36(7)33(41)45-34(4,5)6)27(42-8)21-28(38)37-19-15-18-26(37)30(43-9)23(3)31(39)35-25(32(40)44-10)20-24-16-13-12-14-17-24/h12-14,16-17,22-23,25-27,29-30H,11,15,18-21H2,1-10H3,(H,35,39)/t22-,23+,25+,26-,27+,29-,30+/m0/s1. The minimum absolute atomic E-state index is 0.0312. The number of hydrogen-bond donors (Lipinski definition) is 1. The monoisotopic (exact) mass is 633 g/mol. The Labute approximate surface area is 269 Å². The van der Waals surface area contributed by atoms with Gasteiger partial charge < -0.3 is 34.1 Å². The van der Waals surface area contributed by atoms with Gasteiger partial charge in [-0.2, -0.15) is 0 Å². The summed E-state index contributed by atoms with van der Waals surface area (Å²) in [4.78, 5) is 56.2. The molecule has 254 valence electrons. The molecule has 0 bridgehead atoms. The van der Waals surface area contributed by atoms with Gasteiger partial charge in [-0.05, 0) is 45.1 Å². The molecule has 45 heavy (non-hydrogen) atoms. The van der Waals surface area contributed by atoms with Crippen LogP contribution in [0.1, 0.15) is 72.8 Å². The van der Waals surface area contributed by atoms with E-state index in [2.05, 4.69) is 5.32 Å². The molecule has 1 heterocycles. The van der Waals surface area contributed by atoms with Crippen molar-refractivity contribution in [1.82, 2.24) is 15.1 Å². The second kappa shape index (κ2) is 17.5. The Balaban J connectivity index is 2.21. The van der Waals surface area contributed by atoms with E-state index in [0.29, 0.717) is 13.0 Å². The van der Waals surface area contributed by atoms with E-state index in [1.54, 1.807) is 30.9 Å². The SMILES string of the molecule is CC[C@H](C)[C@@H]([C@@H](CC(=O)N1CCC[C@H]1[C@H](OC)[C@@H](C)C(=O)N[C@H](Cc1ccccc1)C(=O)OC)OC)N(C)C(=O)OC(C)(C)C. The fourth-order valence-corrected chi connectivity index (χ4v) is 6.10. The maximum absolute atomic E-state index is 13.9. The van der Waals surface area contributed by atoms with Crippen LogP contribution in [0.15, 0.2) is 30.3 Å². The van der Waals surface area contributed by atoms with Crippen LogP contribution in [0, 0.1) is 11.8 Å². The Hall–Kier alpha value is -3.18. The van der Waals surface area contributed by atoms with Crippen LogP contribution in [0.25, 0.3) is 0 Å². The number of methoxy groups -OCH3 is 3. The third-order valence-corrected chi connectivity index (χ3v) is 8.68. The van der Waals surface area contributed by atoms with E-state index in [1.165, 1.54) is 14.2 Å². The number of carbonyl (C=O) groups is 4. The first-order valence-electron chi connectivity index (χ1n) is 15.9. The lowest BCUT2D eigenvalue weighted by Gasteiger charge is -2.39. The highest BCUT2D eigenvalue weighted by Gasteiger charge is 2.42. The van der Waals surface area contributed by atoms with Gasteiger partial charge in [0.05, 0.1) is 43.7 Å². The van der Waals surface area contributed by atoms with Crippen LogP contribution in [0.4, 0.5) is 4.79 Å². The molecule has 0 spiro atoms. The summed E-state index contributed by atoms with van der Waals surface area (Å²) in [6.07, 6.45) is 0.864. The molecule has 11 nitrogen and oxygen atoms in total. The highest BCUT2D eigenvalue weighted by Crippen LogP contribution is 2.29. The van der Waals surface area contributed by atoms with E-state index < -0.39 is 47.9 Å². The third-order valence-electron chi connectivity index (χ3n) is 8.68.